The highest BCUT2D eigenvalue weighted by Crippen LogP contribution is 2.13. The molecule has 0 aliphatic rings. The van der Waals surface area contributed by atoms with Crippen LogP contribution in [0, 0.1) is 0 Å². The van der Waals surface area contributed by atoms with Crippen LogP contribution < -0.4 is 16.6 Å². The highest BCUT2D eigenvalue weighted by molar-refractivity contribution is 6.30. The Morgan fingerprint density at radius 2 is 1.89 bits per heavy atom. The Labute approximate surface area is 164 Å². The molecule has 2 N–H and O–H groups in total. The number of nitrogens with one attached hydrogen (secondary N) is 1. The fourth-order valence-electron chi connectivity index (χ4n) is 2.66. The average Bonchev–Trinajstić information content (AvgIpc) is 2.66. The van der Waals surface area contributed by atoms with Gasteiger partial charge in [-0.1, -0.05) is 29.8 Å². The van der Waals surface area contributed by atoms with Crippen LogP contribution in [0.5, 0.6) is 0 Å². The third-order valence-electron chi connectivity index (χ3n) is 3.94. The minimum atomic E-state index is -0.670. The smallest absolute Gasteiger partial charge is 0.352 e. The molecule has 144 valence electrons. The van der Waals surface area contributed by atoms with E-state index in [0.717, 1.165) is 9.25 Å². The second-order valence-electron chi connectivity index (χ2n) is 6.05. The number of aliphatic hydroxyl groups excluding tert-OH is 1. The van der Waals surface area contributed by atoms with E-state index in [1.54, 1.807) is 48.5 Å². The van der Waals surface area contributed by atoms with Crippen LogP contribution in [0.25, 0.3) is 5.69 Å². The van der Waals surface area contributed by atoms with Gasteiger partial charge in [-0.15, -0.1) is 0 Å². The molecule has 0 radical (unpaired) electrons. The molecule has 0 atom stereocenters. The molecule has 0 saturated heterocycles. The first-order valence-corrected chi connectivity index (χ1v) is 8.73. The predicted octanol–water partition coefficient (Wildman–Crippen LogP) is 1.55. The lowest BCUT2D eigenvalue weighted by atomic mass is 10.2. The van der Waals surface area contributed by atoms with Crippen molar-refractivity contribution in [3.05, 3.63) is 85.6 Å². The number of carbonyl (C=O) groups excluding carboxylic acids is 1. The second kappa shape index (κ2) is 8.20. The van der Waals surface area contributed by atoms with Crippen molar-refractivity contribution in [2.75, 3.05) is 5.32 Å². The lowest BCUT2D eigenvalue weighted by Crippen LogP contribution is -2.43. The van der Waals surface area contributed by atoms with Gasteiger partial charge in [-0.25, -0.2) is 4.79 Å². The van der Waals surface area contributed by atoms with E-state index >= 15 is 0 Å². The van der Waals surface area contributed by atoms with Gasteiger partial charge in [-0.05, 0) is 35.9 Å². The van der Waals surface area contributed by atoms with Crippen molar-refractivity contribution >= 4 is 23.2 Å². The van der Waals surface area contributed by atoms with Crippen molar-refractivity contribution in [3.8, 4) is 5.69 Å². The van der Waals surface area contributed by atoms with Crippen LogP contribution in [0.3, 0.4) is 0 Å². The van der Waals surface area contributed by atoms with E-state index in [4.69, 9.17) is 11.6 Å². The predicted molar refractivity (Wildman–Crippen MR) is 105 cm³/mol. The Morgan fingerprint density at radius 3 is 2.54 bits per heavy atom. The Balaban J connectivity index is 2.12. The summed E-state index contributed by atoms with van der Waals surface area (Å²) < 4.78 is 2.01. The summed E-state index contributed by atoms with van der Waals surface area (Å²) in [6, 6.07) is 13.2. The first-order chi connectivity index (χ1) is 13.4. The number of carbonyl (C=O) groups is 1. The fourth-order valence-corrected chi connectivity index (χ4v) is 2.79. The summed E-state index contributed by atoms with van der Waals surface area (Å²) in [5.74, 6) is -0.263. The van der Waals surface area contributed by atoms with Gasteiger partial charge >= 0.3 is 5.69 Å². The number of aromatic nitrogens is 3. The van der Waals surface area contributed by atoms with Crippen LogP contribution in [-0.2, 0) is 17.9 Å². The van der Waals surface area contributed by atoms with E-state index in [-0.39, 0.29) is 18.1 Å². The molecule has 1 aromatic heterocycles. The van der Waals surface area contributed by atoms with E-state index in [9.17, 15) is 19.5 Å². The topological polar surface area (TPSA) is 106 Å². The van der Waals surface area contributed by atoms with Crippen LogP contribution >= 0.6 is 11.6 Å². The van der Waals surface area contributed by atoms with Gasteiger partial charge in [0.25, 0.3) is 5.56 Å². The summed E-state index contributed by atoms with van der Waals surface area (Å²) in [6.45, 7) is 0.744. The maximum absolute atomic E-state index is 12.9. The number of rotatable bonds is 5. The molecule has 0 bridgehead atoms. The van der Waals surface area contributed by atoms with Crippen LogP contribution in [-0.4, -0.2) is 25.4 Å². The van der Waals surface area contributed by atoms with Crippen molar-refractivity contribution in [3.63, 3.8) is 0 Å². The SMILES string of the molecule is CC(=O)Nc1cccc(-n2nc(CO)c(=O)n(Cc3ccc(Cl)cc3)c2=O)c1. The maximum atomic E-state index is 12.9. The lowest BCUT2D eigenvalue weighted by Gasteiger charge is -2.12. The number of nitrogens with zero attached hydrogens (tertiary/aromatic N) is 3. The van der Waals surface area contributed by atoms with Gasteiger partial charge in [0.05, 0.1) is 18.8 Å². The van der Waals surface area contributed by atoms with E-state index in [1.165, 1.54) is 6.92 Å². The Morgan fingerprint density at radius 1 is 1.18 bits per heavy atom. The van der Waals surface area contributed by atoms with Crippen molar-refractivity contribution in [2.24, 2.45) is 0 Å². The molecule has 0 aliphatic carbocycles. The molecule has 3 aromatic rings. The van der Waals surface area contributed by atoms with E-state index in [2.05, 4.69) is 10.4 Å². The summed E-state index contributed by atoms with van der Waals surface area (Å²) in [5, 5.41) is 16.7. The zero-order valence-electron chi connectivity index (χ0n) is 14.9. The summed E-state index contributed by atoms with van der Waals surface area (Å²) in [7, 11) is 0. The molecule has 1 heterocycles. The largest absolute Gasteiger partial charge is 0.390 e. The summed E-state index contributed by atoms with van der Waals surface area (Å²) in [4.78, 5) is 36.7. The molecule has 8 nitrogen and oxygen atoms in total. The molecule has 3 rings (SSSR count). The summed E-state index contributed by atoms with van der Waals surface area (Å²) in [5.41, 5.74) is 0.0000712. The van der Waals surface area contributed by atoms with Crippen LogP contribution in [0.2, 0.25) is 5.02 Å². The molecule has 1 amide bonds. The molecule has 9 heteroatoms. The monoisotopic (exact) mass is 400 g/mol. The van der Waals surface area contributed by atoms with Crippen molar-refractivity contribution in [1.82, 2.24) is 14.3 Å². The van der Waals surface area contributed by atoms with Gasteiger partial charge in [-0.2, -0.15) is 9.78 Å². The molecule has 0 aliphatic heterocycles. The van der Waals surface area contributed by atoms with Crippen LogP contribution in [0.1, 0.15) is 18.2 Å². The number of amides is 1. The van der Waals surface area contributed by atoms with Gasteiger partial charge in [0, 0.05) is 17.6 Å². The standard InChI is InChI=1S/C19H17ClN4O4/c1-12(26)21-15-3-2-4-16(9-15)24-19(28)23(18(27)17(11-25)22-24)10-13-5-7-14(20)8-6-13/h2-9,25H,10-11H2,1H3,(H,21,26). The number of aliphatic hydroxyl groups is 1. The summed E-state index contributed by atoms with van der Waals surface area (Å²) in [6.07, 6.45) is 0. The molecule has 28 heavy (non-hydrogen) atoms. The number of hydrogen-bond donors (Lipinski definition) is 2. The van der Waals surface area contributed by atoms with Gasteiger partial charge < -0.3 is 10.4 Å². The average molecular weight is 401 g/mol. The Bertz CT molecular complexity index is 1140. The molecule has 0 saturated carbocycles. The maximum Gasteiger partial charge on any atom is 0.352 e. The van der Waals surface area contributed by atoms with E-state index in [0.29, 0.717) is 22.0 Å². The zero-order chi connectivity index (χ0) is 20.3. The normalized spacial score (nSPS) is 10.7. The molecular weight excluding hydrogens is 384 g/mol. The highest BCUT2D eigenvalue weighted by Gasteiger charge is 2.15. The minimum absolute atomic E-state index is 0.00422. The first kappa shape index (κ1) is 19.5. The Hall–Kier alpha value is -3.23. The number of hydrogen-bond acceptors (Lipinski definition) is 5. The molecule has 2 aromatic carbocycles. The van der Waals surface area contributed by atoms with Crippen LogP contribution in [0.15, 0.2) is 58.1 Å². The summed E-state index contributed by atoms with van der Waals surface area (Å²) >= 11 is 5.87. The minimum Gasteiger partial charge on any atom is -0.390 e. The first-order valence-electron chi connectivity index (χ1n) is 8.35. The van der Waals surface area contributed by atoms with E-state index in [1.807, 2.05) is 0 Å². The van der Waals surface area contributed by atoms with Gasteiger partial charge in [0.1, 0.15) is 0 Å². The zero-order valence-corrected chi connectivity index (χ0v) is 15.7. The third-order valence-corrected chi connectivity index (χ3v) is 4.19. The molecule has 0 spiro atoms. The Kier molecular flexibility index (Phi) is 5.72. The van der Waals surface area contributed by atoms with E-state index < -0.39 is 17.9 Å². The third kappa shape index (κ3) is 4.19. The van der Waals surface area contributed by atoms with Gasteiger partial charge in [-0.3, -0.25) is 14.2 Å². The van der Waals surface area contributed by atoms with Crippen molar-refractivity contribution in [1.29, 1.82) is 0 Å². The molecular formula is C19H17ClN4O4. The molecule has 0 unspecified atom stereocenters. The lowest BCUT2D eigenvalue weighted by molar-refractivity contribution is -0.114. The second-order valence-corrected chi connectivity index (χ2v) is 6.48. The molecule has 0 fully saturated rings. The number of halogens is 1. The van der Waals surface area contributed by atoms with Gasteiger partial charge in [0.2, 0.25) is 5.91 Å². The van der Waals surface area contributed by atoms with Crippen LogP contribution in [0.4, 0.5) is 5.69 Å². The highest BCUT2D eigenvalue weighted by atomic mass is 35.5. The van der Waals surface area contributed by atoms with Gasteiger partial charge in [0.15, 0.2) is 5.69 Å². The number of benzene rings is 2. The van der Waals surface area contributed by atoms with Crippen molar-refractivity contribution < 1.29 is 9.90 Å². The fraction of sp³-hybridized carbons (Fsp3) is 0.158. The quantitative estimate of drug-likeness (QED) is 0.675. The number of anilines is 1. The van der Waals surface area contributed by atoms with Crippen molar-refractivity contribution in [2.45, 2.75) is 20.1 Å².